The van der Waals surface area contributed by atoms with Gasteiger partial charge < -0.3 is 10.5 Å². The molecule has 0 amide bonds. The number of anilines is 1. The van der Waals surface area contributed by atoms with E-state index in [1.165, 1.54) is 7.11 Å². The largest absolute Gasteiger partial charge is 0.469 e. The van der Waals surface area contributed by atoms with Crippen LogP contribution in [0.15, 0.2) is 30.3 Å². The molecule has 3 heteroatoms. The van der Waals surface area contributed by atoms with Crippen LogP contribution < -0.4 is 5.73 Å². The van der Waals surface area contributed by atoms with Gasteiger partial charge in [-0.2, -0.15) is 0 Å². The smallest absolute Gasteiger partial charge is 0.305 e. The molecule has 2 N–H and O–H groups in total. The average Bonchev–Trinajstić information content (AvgIpc) is 2.35. The minimum Gasteiger partial charge on any atom is -0.469 e. The number of esters is 1. The quantitative estimate of drug-likeness (QED) is 0.467. The van der Waals surface area contributed by atoms with Gasteiger partial charge in [0.05, 0.1) is 7.11 Å². The van der Waals surface area contributed by atoms with Crippen molar-refractivity contribution in [3.8, 4) is 0 Å². The Bertz CT molecular complexity index is 386. The molecule has 0 heterocycles. The molecule has 1 rings (SSSR count). The van der Waals surface area contributed by atoms with Crippen molar-refractivity contribution >= 4 is 17.7 Å². The molecular weight excluding hydrogens is 214 g/mol. The highest BCUT2D eigenvalue weighted by Crippen LogP contribution is 2.13. The summed E-state index contributed by atoms with van der Waals surface area (Å²) in [4.78, 5) is 10.9. The number of nitrogens with two attached hydrogens (primary N) is 1. The van der Waals surface area contributed by atoms with Crippen molar-refractivity contribution in [2.75, 3.05) is 12.8 Å². The standard InChI is InChI=1S/C14H19NO2/c1-17-14(16)11-5-3-2-4-8-12-9-6-7-10-13(12)15/h4,6-10H,2-3,5,11,15H2,1H3/b8-4+. The molecule has 0 aliphatic rings. The van der Waals surface area contributed by atoms with Crippen molar-refractivity contribution in [3.05, 3.63) is 35.9 Å². The highest BCUT2D eigenvalue weighted by molar-refractivity contribution is 5.69. The van der Waals surface area contributed by atoms with Crippen LogP contribution in [0.25, 0.3) is 6.08 Å². The summed E-state index contributed by atoms with van der Waals surface area (Å²) in [7, 11) is 1.42. The highest BCUT2D eigenvalue weighted by Gasteiger charge is 1.97. The van der Waals surface area contributed by atoms with Gasteiger partial charge in [-0.25, -0.2) is 0 Å². The average molecular weight is 233 g/mol. The summed E-state index contributed by atoms with van der Waals surface area (Å²) in [5.41, 5.74) is 7.64. The van der Waals surface area contributed by atoms with Crippen LogP contribution in [0.3, 0.4) is 0 Å². The summed E-state index contributed by atoms with van der Waals surface area (Å²) in [6.07, 6.45) is 7.40. The number of para-hydroxylation sites is 1. The normalized spacial score (nSPS) is 10.6. The predicted molar refractivity (Wildman–Crippen MR) is 70.4 cm³/mol. The zero-order chi connectivity index (χ0) is 12.5. The third kappa shape index (κ3) is 5.20. The third-order valence-electron chi connectivity index (χ3n) is 2.52. The predicted octanol–water partition coefficient (Wildman–Crippen LogP) is 3.02. The molecule has 92 valence electrons. The molecule has 1 aromatic carbocycles. The van der Waals surface area contributed by atoms with Gasteiger partial charge in [0.1, 0.15) is 0 Å². The number of nitrogen functional groups attached to an aromatic ring is 1. The van der Waals surface area contributed by atoms with E-state index in [2.05, 4.69) is 10.8 Å². The maximum Gasteiger partial charge on any atom is 0.305 e. The van der Waals surface area contributed by atoms with Crippen molar-refractivity contribution in [1.29, 1.82) is 0 Å². The molecule has 0 bridgehead atoms. The van der Waals surface area contributed by atoms with E-state index in [-0.39, 0.29) is 5.97 Å². The fourth-order valence-corrected chi connectivity index (χ4v) is 1.51. The number of ether oxygens (including phenoxy) is 1. The minimum absolute atomic E-state index is 0.138. The zero-order valence-corrected chi connectivity index (χ0v) is 10.2. The van der Waals surface area contributed by atoms with Gasteiger partial charge in [0.2, 0.25) is 0 Å². The van der Waals surface area contributed by atoms with Crippen LogP contribution in [-0.2, 0) is 9.53 Å². The van der Waals surface area contributed by atoms with Crippen LogP contribution in [-0.4, -0.2) is 13.1 Å². The van der Waals surface area contributed by atoms with E-state index in [0.29, 0.717) is 6.42 Å². The topological polar surface area (TPSA) is 52.3 Å². The molecule has 0 aliphatic heterocycles. The molecule has 3 nitrogen and oxygen atoms in total. The first-order valence-corrected chi connectivity index (χ1v) is 5.82. The van der Waals surface area contributed by atoms with Crippen molar-refractivity contribution in [2.45, 2.75) is 25.7 Å². The molecule has 0 radical (unpaired) electrons. The number of hydrogen-bond donors (Lipinski definition) is 1. The third-order valence-corrected chi connectivity index (χ3v) is 2.52. The van der Waals surface area contributed by atoms with E-state index in [4.69, 9.17) is 5.73 Å². The molecule has 0 aromatic heterocycles. The van der Waals surface area contributed by atoms with Gasteiger partial charge in [-0.05, 0) is 30.9 Å². The summed E-state index contributed by atoms with van der Waals surface area (Å²) < 4.78 is 4.57. The summed E-state index contributed by atoms with van der Waals surface area (Å²) in [6.45, 7) is 0. The number of benzene rings is 1. The van der Waals surface area contributed by atoms with Crippen LogP contribution in [0.1, 0.15) is 31.2 Å². The summed E-state index contributed by atoms with van der Waals surface area (Å²) >= 11 is 0. The SMILES string of the molecule is COC(=O)CCCC/C=C/c1ccccc1N. The molecule has 0 unspecified atom stereocenters. The van der Waals surface area contributed by atoms with Gasteiger partial charge in [-0.15, -0.1) is 0 Å². The number of hydrogen-bond acceptors (Lipinski definition) is 3. The monoisotopic (exact) mass is 233 g/mol. The fraction of sp³-hybridized carbons (Fsp3) is 0.357. The van der Waals surface area contributed by atoms with Crippen molar-refractivity contribution in [2.24, 2.45) is 0 Å². The molecule has 0 saturated carbocycles. The molecular formula is C14H19NO2. The Morgan fingerprint density at radius 3 is 2.82 bits per heavy atom. The fourth-order valence-electron chi connectivity index (χ4n) is 1.51. The van der Waals surface area contributed by atoms with Gasteiger partial charge in [0.25, 0.3) is 0 Å². The number of rotatable bonds is 6. The van der Waals surface area contributed by atoms with E-state index in [9.17, 15) is 4.79 Å². The van der Waals surface area contributed by atoms with Crippen molar-refractivity contribution < 1.29 is 9.53 Å². The molecule has 1 aromatic rings. The number of allylic oxidation sites excluding steroid dienone is 1. The maximum atomic E-state index is 10.9. The Morgan fingerprint density at radius 1 is 1.35 bits per heavy atom. The van der Waals surface area contributed by atoms with Gasteiger partial charge in [-0.3, -0.25) is 4.79 Å². The lowest BCUT2D eigenvalue weighted by Crippen LogP contribution is -1.98. The lowest BCUT2D eigenvalue weighted by Gasteiger charge is -1.99. The molecule has 0 spiro atoms. The molecule has 0 aliphatic carbocycles. The van der Waals surface area contributed by atoms with Gasteiger partial charge in [0, 0.05) is 12.1 Å². The van der Waals surface area contributed by atoms with Crippen LogP contribution in [0.2, 0.25) is 0 Å². The van der Waals surface area contributed by atoms with E-state index in [0.717, 1.165) is 30.5 Å². The Balaban J connectivity index is 2.23. The molecule has 0 atom stereocenters. The van der Waals surface area contributed by atoms with Gasteiger partial charge in [0.15, 0.2) is 0 Å². The molecule has 0 fully saturated rings. The molecule has 17 heavy (non-hydrogen) atoms. The Hall–Kier alpha value is -1.77. The number of carbonyl (C=O) groups is 1. The summed E-state index contributed by atoms with van der Waals surface area (Å²) in [6, 6.07) is 7.76. The minimum atomic E-state index is -0.138. The van der Waals surface area contributed by atoms with Gasteiger partial charge in [-0.1, -0.05) is 30.4 Å². The van der Waals surface area contributed by atoms with Crippen molar-refractivity contribution in [1.82, 2.24) is 0 Å². The van der Waals surface area contributed by atoms with Crippen LogP contribution in [0.5, 0.6) is 0 Å². The first-order valence-electron chi connectivity index (χ1n) is 5.82. The zero-order valence-electron chi connectivity index (χ0n) is 10.2. The Labute approximate surface area is 102 Å². The van der Waals surface area contributed by atoms with Crippen LogP contribution in [0.4, 0.5) is 5.69 Å². The second-order valence-electron chi connectivity index (χ2n) is 3.85. The maximum absolute atomic E-state index is 10.9. The van der Waals surface area contributed by atoms with Crippen molar-refractivity contribution in [3.63, 3.8) is 0 Å². The number of methoxy groups -OCH3 is 1. The lowest BCUT2D eigenvalue weighted by molar-refractivity contribution is -0.140. The second-order valence-corrected chi connectivity index (χ2v) is 3.85. The highest BCUT2D eigenvalue weighted by atomic mass is 16.5. The Kier molecular flexibility index (Phi) is 5.86. The molecule has 0 saturated heterocycles. The lowest BCUT2D eigenvalue weighted by atomic mass is 10.1. The number of unbranched alkanes of at least 4 members (excludes halogenated alkanes) is 2. The first kappa shape index (κ1) is 13.3. The van der Waals surface area contributed by atoms with E-state index in [1.54, 1.807) is 0 Å². The Morgan fingerprint density at radius 2 is 2.12 bits per heavy atom. The second kappa shape index (κ2) is 7.49. The van der Waals surface area contributed by atoms with Crippen LogP contribution in [0, 0.1) is 0 Å². The van der Waals surface area contributed by atoms with E-state index in [1.807, 2.05) is 30.3 Å². The van der Waals surface area contributed by atoms with E-state index >= 15 is 0 Å². The van der Waals surface area contributed by atoms with Gasteiger partial charge >= 0.3 is 5.97 Å². The van der Waals surface area contributed by atoms with Crippen LogP contribution >= 0.6 is 0 Å². The van der Waals surface area contributed by atoms with E-state index < -0.39 is 0 Å². The first-order chi connectivity index (χ1) is 8.24. The summed E-state index contributed by atoms with van der Waals surface area (Å²) in [5, 5.41) is 0. The summed E-state index contributed by atoms with van der Waals surface area (Å²) in [5.74, 6) is -0.138. The number of carbonyl (C=O) groups excluding carboxylic acids is 1.